The van der Waals surface area contributed by atoms with Gasteiger partial charge >= 0.3 is 0 Å². The minimum atomic E-state index is 0.852. The number of fused-ring (bicyclic) bond motifs is 9. The Morgan fingerprint density at radius 3 is 2.24 bits per heavy atom. The van der Waals surface area contributed by atoms with Crippen molar-refractivity contribution < 1.29 is 8.83 Å². The van der Waals surface area contributed by atoms with Crippen molar-refractivity contribution in [3.05, 3.63) is 109 Å². The average Bonchev–Trinajstić information content (AvgIpc) is 3.52. The standard InChI is InChI=1S/C33H18N2O2/c1-3-11-25-19(7-1)23-17-30-32(24-18-34-16-15-29(24)36-30)22-10-6-12-26(31(22)23)35(25)27-13-5-9-21-20-8-2-4-14-28(20)37-33(21)27/h1-18H. The third-order valence-electron chi connectivity index (χ3n) is 7.67. The molecule has 0 radical (unpaired) electrons. The number of para-hydroxylation sites is 3. The molecule has 0 unspecified atom stereocenters. The molecule has 1 aliphatic rings. The van der Waals surface area contributed by atoms with Crippen LogP contribution in [0.5, 0.6) is 0 Å². The molecule has 8 aromatic rings. The highest BCUT2D eigenvalue weighted by Crippen LogP contribution is 2.54. The monoisotopic (exact) mass is 474 g/mol. The molecular formula is C33H18N2O2. The molecule has 4 heterocycles. The first-order chi connectivity index (χ1) is 18.4. The second-order valence-electron chi connectivity index (χ2n) is 9.58. The van der Waals surface area contributed by atoms with Crippen LogP contribution in [-0.4, -0.2) is 4.98 Å². The van der Waals surface area contributed by atoms with Crippen LogP contribution in [0.1, 0.15) is 0 Å². The van der Waals surface area contributed by atoms with Crippen molar-refractivity contribution >= 4 is 71.7 Å². The number of aromatic nitrogens is 1. The summed E-state index contributed by atoms with van der Waals surface area (Å²) in [6.07, 6.45) is 3.68. The summed E-state index contributed by atoms with van der Waals surface area (Å²) in [4.78, 5) is 6.74. The SMILES string of the molecule is c1ccc2c(c1)-c1cc3oc4ccncc4c3c3cccc(c13)N2c1cccc2c1oc1ccccc12. The smallest absolute Gasteiger partial charge is 0.159 e. The third kappa shape index (κ3) is 2.39. The van der Waals surface area contributed by atoms with Crippen molar-refractivity contribution in [2.24, 2.45) is 0 Å². The summed E-state index contributed by atoms with van der Waals surface area (Å²) in [6, 6.07) is 33.9. The van der Waals surface area contributed by atoms with Crippen LogP contribution < -0.4 is 4.90 Å². The number of benzene rings is 5. The Balaban J connectivity index is 1.46. The lowest BCUT2D eigenvalue weighted by molar-refractivity contribution is 0.668. The molecule has 0 amide bonds. The van der Waals surface area contributed by atoms with E-state index in [-0.39, 0.29) is 0 Å². The Morgan fingerprint density at radius 2 is 1.27 bits per heavy atom. The predicted octanol–water partition coefficient (Wildman–Crippen LogP) is 9.48. The second-order valence-corrected chi connectivity index (χ2v) is 9.58. The zero-order chi connectivity index (χ0) is 24.1. The first kappa shape index (κ1) is 19.1. The van der Waals surface area contributed by atoms with Crippen LogP contribution in [0.3, 0.4) is 0 Å². The van der Waals surface area contributed by atoms with Gasteiger partial charge in [0.1, 0.15) is 16.7 Å². The summed E-state index contributed by atoms with van der Waals surface area (Å²) in [5, 5.41) is 6.74. The van der Waals surface area contributed by atoms with Gasteiger partial charge in [-0.25, -0.2) is 0 Å². The summed E-state index contributed by atoms with van der Waals surface area (Å²) in [5.74, 6) is 0. The maximum atomic E-state index is 6.49. The van der Waals surface area contributed by atoms with Gasteiger partial charge in [-0.15, -0.1) is 0 Å². The minimum absolute atomic E-state index is 0.852. The van der Waals surface area contributed by atoms with Crippen molar-refractivity contribution in [3.8, 4) is 11.1 Å². The number of hydrogen-bond donors (Lipinski definition) is 0. The van der Waals surface area contributed by atoms with E-state index in [2.05, 4.69) is 88.7 Å². The van der Waals surface area contributed by atoms with Gasteiger partial charge in [0.05, 0.1) is 17.1 Å². The molecule has 4 nitrogen and oxygen atoms in total. The number of pyridine rings is 1. The fourth-order valence-electron chi connectivity index (χ4n) is 6.17. The molecule has 0 spiro atoms. The van der Waals surface area contributed by atoms with Crippen LogP contribution in [-0.2, 0) is 0 Å². The number of rotatable bonds is 1. The molecule has 0 saturated carbocycles. The molecule has 0 aliphatic carbocycles. The molecule has 0 N–H and O–H groups in total. The molecule has 172 valence electrons. The van der Waals surface area contributed by atoms with E-state index < -0.39 is 0 Å². The van der Waals surface area contributed by atoms with E-state index in [1.54, 1.807) is 6.20 Å². The fraction of sp³-hybridized carbons (Fsp3) is 0. The highest BCUT2D eigenvalue weighted by molar-refractivity contribution is 6.27. The molecule has 1 aliphatic heterocycles. The molecule has 37 heavy (non-hydrogen) atoms. The van der Waals surface area contributed by atoms with Gasteiger partial charge < -0.3 is 13.7 Å². The molecule has 0 saturated heterocycles. The topological polar surface area (TPSA) is 42.4 Å². The molecule has 4 heteroatoms. The van der Waals surface area contributed by atoms with Crippen molar-refractivity contribution in [1.29, 1.82) is 0 Å². The van der Waals surface area contributed by atoms with E-state index in [1.807, 2.05) is 24.4 Å². The van der Waals surface area contributed by atoms with Gasteiger partial charge in [0, 0.05) is 44.9 Å². The van der Waals surface area contributed by atoms with Gasteiger partial charge in [0.15, 0.2) is 5.58 Å². The van der Waals surface area contributed by atoms with Crippen molar-refractivity contribution in [2.75, 3.05) is 4.90 Å². The quantitative estimate of drug-likeness (QED) is 0.238. The van der Waals surface area contributed by atoms with Crippen molar-refractivity contribution in [2.45, 2.75) is 0 Å². The van der Waals surface area contributed by atoms with Crippen LogP contribution in [0.2, 0.25) is 0 Å². The van der Waals surface area contributed by atoms with Crippen molar-refractivity contribution in [1.82, 2.24) is 4.98 Å². The summed E-state index contributed by atoms with van der Waals surface area (Å²) < 4.78 is 12.8. The average molecular weight is 475 g/mol. The van der Waals surface area contributed by atoms with Gasteiger partial charge in [-0.3, -0.25) is 4.98 Å². The zero-order valence-electron chi connectivity index (χ0n) is 19.6. The maximum Gasteiger partial charge on any atom is 0.159 e. The van der Waals surface area contributed by atoms with Crippen LogP contribution in [0.25, 0.3) is 65.8 Å². The van der Waals surface area contributed by atoms with Crippen LogP contribution in [0, 0.1) is 0 Å². The van der Waals surface area contributed by atoms with E-state index >= 15 is 0 Å². The van der Waals surface area contributed by atoms with E-state index in [0.29, 0.717) is 0 Å². The normalized spacial score (nSPS) is 12.8. The third-order valence-corrected chi connectivity index (χ3v) is 7.67. The summed E-state index contributed by atoms with van der Waals surface area (Å²) in [6.45, 7) is 0. The highest BCUT2D eigenvalue weighted by atomic mass is 16.3. The van der Waals surface area contributed by atoms with Gasteiger partial charge in [0.2, 0.25) is 0 Å². The lowest BCUT2D eigenvalue weighted by atomic mass is 9.89. The second kappa shape index (κ2) is 6.77. The number of furan rings is 2. The van der Waals surface area contributed by atoms with Gasteiger partial charge in [-0.05, 0) is 47.3 Å². The Labute approximate surface area is 211 Å². The fourth-order valence-corrected chi connectivity index (χ4v) is 6.17. The summed E-state index contributed by atoms with van der Waals surface area (Å²) >= 11 is 0. The minimum Gasteiger partial charge on any atom is -0.456 e. The Hall–Kier alpha value is -5.09. The summed E-state index contributed by atoms with van der Waals surface area (Å²) in [7, 11) is 0. The van der Waals surface area contributed by atoms with Crippen LogP contribution in [0.4, 0.5) is 17.1 Å². The number of anilines is 3. The lowest BCUT2D eigenvalue weighted by Gasteiger charge is -2.33. The van der Waals surface area contributed by atoms with Gasteiger partial charge in [-0.2, -0.15) is 0 Å². The molecular weight excluding hydrogens is 456 g/mol. The first-order valence-corrected chi connectivity index (χ1v) is 12.4. The summed E-state index contributed by atoms with van der Waals surface area (Å²) in [5.41, 5.74) is 9.13. The van der Waals surface area contributed by atoms with Gasteiger partial charge in [-0.1, -0.05) is 60.7 Å². The van der Waals surface area contributed by atoms with Crippen LogP contribution >= 0.6 is 0 Å². The van der Waals surface area contributed by atoms with Gasteiger partial charge in [0.25, 0.3) is 0 Å². The van der Waals surface area contributed by atoms with Crippen molar-refractivity contribution in [3.63, 3.8) is 0 Å². The lowest BCUT2D eigenvalue weighted by Crippen LogP contribution is -2.15. The molecule has 9 rings (SSSR count). The Kier molecular flexibility index (Phi) is 3.50. The number of hydrogen-bond acceptors (Lipinski definition) is 4. The Morgan fingerprint density at radius 1 is 0.514 bits per heavy atom. The Bertz CT molecular complexity index is 2220. The molecule has 0 atom stereocenters. The van der Waals surface area contributed by atoms with E-state index in [1.165, 1.54) is 16.5 Å². The molecule has 0 bridgehead atoms. The molecule has 3 aromatic heterocycles. The first-order valence-electron chi connectivity index (χ1n) is 12.4. The maximum absolute atomic E-state index is 6.49. The molecule has 0 fully saturated rings. The van der Waals surface area contributed by atoms with E-state index in [0.717, 1.165) is 66.3 Å². The predicted molar refractivity (Wildman–Crippen MR) is 150 cm³/mol. The zero-order valence-corrected chi connectivity index (χ0v) is 19.6. The highest BCUT2D eigenvalue weighted by Gasteiger charge is 2.29. The van der Waals surface area contributed by atoms with E-state index in [9.17, 15) is 0 Å². The van der Waals surface area contributed by atoms with Crippen LogP contribution in [0.15, 0.2) is 118 Å². The molecule has 5 aromatic carbocycles. The number of nitrogens with zero attached hydrogens (tertiary/aromatic N) is 2. The van der Waals surface area contributed by atoms with E-state index in [4.69, 9.17) is 8.83 Å². The largest absolute Gasteiger partial charge is 0.456 e.